The van der Waals surface area contributed by atoms with E-state index >= 15 is 0 Å². The van der Waals surface area contributed by atoms with Gasteiger partial charge in [-0.25, -0.2) is 4.39 Å². The van der Waals surface area contributed by atoms with Gasteiger partial charge >= 0.3 is 6.01 Å². The first-order chi connectivity index (χ1) is 17.3. The molecule has 1 amide bonds. The Hall–Kier alpha value is -3.63. The molecule has 2 fully saturated rings. The first-order valence-corrected chi connectivity index (χ1v) is 12.1. The summed E-state index contributed by atoms with van der Waals surface area (Å²) in [6.45, 7) is 3.17. The maximum Gasteiger partial charge on any atom is 0.324 e. The second kappa shape index (κ2) is 8.21. The van der Waals surface area contributed by atoms with Gasteiger partial charge in [-0.1, -0.05) is 0 Å². The molecular formula is C26H28FN7O2. The fourth-order valence-electron chi connectivity index (χ4n) is 5.38. The summed E-state index contributed by atoms with van der Waals surface area (Å²) in [5, 5.41) is 0. The number of rotatable bonds is 5. The second-order valence-electron chi connectivity index (χ2n) is 10.0. The summed E-state index contributed by atoms with van der Waals surface area (Å²) in [7, 11) is 1.61. The maximum atomic E-state index is 14.9. The Morgan fingerprint density at radius 3 is 2.78 bits per heavy atom. The summed E-state index contributed by atoms with van der Waals surface area (Å²) in [6.07, 6.45) is 4.23. The van der Waals surface area contributed by atoms with E-state index in [2.05, 4.69) is 9.88 Å². The van der Waals surface area contributed by atoms with Crippen LogP contribution < -0.4 is 26.0 Å². The van der Waals surface area contributed by atoms with Gasteiger partial charge in [-0.05, 0) is 55.2 Å². The van der Waals surface area contributed by atoms with E-state index in [-0.39, 0.29) is 29.9 Å². The lowest BCUT2D eigenvalue weighted by Crippen LogP contribution is -2.33. The fourth-order valence-corrected chi connectivity index (χ4v) is 5.38. The van der Waals surface area contributed by atoms with Crippen LogP contribution in [0.5, 0.6) is 11.8 Å². The minimum Gasteiger partial charge on any atom is -0.423 e. The summed E-state index contributed by atoms with van der Waals surface area (Å²) >= 11 is 0. The number of pyridine rings is 1. The Kier molecular flexibility index (Phi) is 5.20. The van der Waals surface area contributed by atoms with Gasteiger partial charge in [0, 0.05) is 49.3 Å². The average Bonchev–Trinajstić information content (AvgIpc) is 3.45. The van der Waals surface area contributed by atoms with Crippen molar-refractivity contribution in [2.75, 3.05) is 36.5 Å². The predicted octanol–water partition coefficient (Wildman–Crippen LogP) is 2.53. The van der Waals surface area contributed by atoms with E-state index in [1.165, 1.54) is 17.0 Å². The molecule has 9 nitrogen and oxygen atoms in total. The molecule has 36 heavy (non-hydrogen) atoms. The molecule has 0 radical (unpaired) electrons. The summed E-state index contributed by atoms with van der Waals surface area (Å²) < 4.78 is 20.9. The van der Waals surface area contributed by atoms with Crippen LogP contribution in [0.2, 0.25) is 0 Å². The number of anilines is 2. The van der Waals surface area contributed by atoms with Crippen molar-refractivity contribution >= 4 is 17.4 Å². The first kappa shape index (κ1) is 22.8. The van der Waals surface area contributed by atoms with E-state index in [1.807, 2.05) is 19.1 Å². The monoisotopic (exact) mass is 489 g/mol. The average molecular weight is 490 g/mol. The topological polar surface area (TPSA) is 123 Å². The minimum atomic E-state index is -0.443. The Morgan fingerprint density at radius 1 is 1.31 bits per heavy atom. The third-order valence-electron chi connectivity index (χ3n) is 7.65. The van der Waals surface area contributed by atoms with Crippen molar-refractivity contribution in [3.63, 3.8) is 0 Å². The minimum absolute atomic E-state index is 0.0473. The highest BCUT2D eigenvalue weighted by atomic mass is 19.1. The maximum absolute atomic E-state index is 14.9. The predicted molar refractivity (Wildman–Crippen MR) is 134 cm³/mol. The SMILES string of the molecule is Cc1ccc(Oc2nc3c(c(N4C[C@H](N)C5(CC5)C4)n2)-c2cc(F)cc(N(C)C(=O)CN)c2C3)cn1. The van der Waals surface area contributed by atoms with Crippen LogP contribution in [0.15, 0.2) is 30.5 Å². The van der Waals surface area contributed by atoms with Crippen molar-refractivity contribution in [1.82, 2.24) is 15.0 Å². The number of hydrogen-bond acceptors (Lipinski definition) is 8. The molecular weight excluding hydrogens is 461 g/mol. The Bertz CT molecular complexity index is 1370. The van der Waals surface area contributed by atoms with Crippen molar-refractivity contribution in [3.05, 3.63) is 53.2 Å². The number of benzene rings is 1. The van der Waals surface area contributed by atoms with Crippen LogP contribution in [-0.2, 0) is 11.2 Å². The second-order valence-corrected chi connectivity index (χ2v) is 10.0. The van der Waals surface area contributed by atoms with Crippen LogP contribution in [0.25, 0.3) is 11.1 Å². The molecule has 6 rings (SSSR count). The van der Waals surface area contributed by atoms with Gasteiger partial charge in [-0.3, -0.25) is 9.78 Å². The van der Waals surface area contributed by atoms with Gasteiger partial charge in [0.2, 0.25) is 5.91 Å². The summed E-state index contributed by atoms with van der Waals surface area (Å²) in [5.74, 6) is 0.459. The van der Waals surface area contributed by atoms with Gasteiger partial charge < -0.3 is 26.0 Å². The van der Waals surface area contributed by atoms with Crippen LogP contribution >= 0.6 is 0 Å². The van der Waals surface area contributed by atoms with Crippen molar-refractivity contribution in [3.8, 4) is 22.9 Å². The molecule has 10 heteroatoms. The zero-order valence-electron chi connectivity index (χ0n) is 20.3. The molecule has 0 unspecified atom stereocenters. The number of carbonyl (C=O) groups is 1. The van der Waals surface area contributed by atoms with E-state index in [4.69, 9.17) is 26.2 Å². The zero-order chi connectivity index (χ0) is 25.2. The highest BCUT2D eigenvalue weighted by Crippen LogP contribution is 2.54. The largest absolute Gasteiger partial charge is 0.423 e. The molecule has 3 aromatic rings. The number of nitrogens with zero attached hydrogens (tertiary/aromatic N) is 5. The lowest BCUT2D eigenvalue weighted by Gasteiger charge is -2.22. The Labute approximate surface area is 208 Å². The molecule has 0 bridgehead atoms. The number of likely N-dealkylation sites (N-methyl/N-ethyl adjacent to an activating group) is 1. The number of amides is 1. The van der Waals surface area contributed by atoms with E-state index < -0.39 is 5.82 Å². The molecule has 3 aliphatic rings. The molecule has 1 aromatic carbocycles. The van der Waals surface area contributed by atoms with Crippen LogP contribution in [0.1, 0.15) is 29.8 Å². The molecule has 1 saturated heterocycles. The van der Waals surface area contributed by atoms with E-state index in [0.717, 1.165) is 41.9 Å². The Morgan fingerprint density at radius 2 is 2.11 bits per heavy atom. The number of halogens is 1. The van der Waals surface area contributed by atoms with E-state index in [1.54, 1.807) is 13.2 Å². The van der Waals surface area contributed by atoms with Crippen LogP contribution in [0, 0.1) is 18.2 Å². The number of fused-ring (bicyclic) bond motifs is 3. The van der Waals surface area contributed by atoms with Gasteiger partial charge in [0.1, 0.15) is 17.4 Å². The van der Waals surface area contributed by atoms with Gasteiger partial charge in [0.15, 0.2) is 0 Å². The van der Waals surface area contributed by atoms with Crippen molar-refractivity contribution in [1.29, 1.82) is 0 Å². The normalized spacial score (nSPS) is 18.8. The molecule has 1 spiro atoms. The lowest BCUT2D eigenvalue weighted by molar-refractivity contribution is -0.117. The summed E-state index contributed by atoms with van der Waals surface area (Å²) in [6, 6.07) is 6.78. The number of ether oxygens (including phenoxy) is 1. The molecule has 2 aromatic heterocycles. The highest BCUT2D eigenvalue weighted by Gasteiger charge is 2.54. The van der Waals surface area contributed by atoms with E-state index in [0.29, 0.717) is 35.8 Å². The Balaban J connectivity index is 1.47. The number of hydrogen-bond donors (Lipinski definition) is 2. The molecule has 2 aliphatic carbocycles. The number of nitrogens with two attached hydrogens (primary N) is 2. The van der Waals surface area contributed by atoms with Gasteiger partial charge in [-0.15, -0.1) is 0 Å². The number of carbonyl (C=O) groups excluding carboxylic acids is 1. The van der Waals surface area contributed by atoms with Crippen molar-refractivity contribution < 1.29 is 13.9 Å². The standard InChI is InChI=1S/C26H28FN7O2/c1-14-3-4-16(11-30-14)36-25-31-19-9-17-18(7-15(27)8-20(17)33(2)22(35)10-28)23(19)24(32-25)34-12-21(29)26(13-34)5-6-26/h3-4,7-8,11,21H,5-6,9-10,12-13,28-29H2,1-2H3/t21-/m0/s1. The number of aromatic nitrogens is 3. The third kappa shape index (κ3) is 3.68. The fraction of sp³-hybridized carbons (Fsp3) is 0.385. The highest BCUT2D eigenvalue weighted by molar-refractivity contribution is 5.98. The molecule has 1 atom stereocenters. The summed E-state index contributed by atoms with van der Waals surface area (Å²) in [5.41, 5.74) is 16.5. The van der Waals surface area contributed by atoms with Crippen LogP contribution in [0.4, 0.5) is 15.9 Å². The third-order valence-corrected chi connectivity index (χ3v) is 7.65. The van der Waals surface area contributed by atoms with Gasteiger partial charge in [0.05, 0.1) is 24.1 Å². The zero-order valence-corrected chi connectivity index (χ0v) is 20.3. The van der Waals surface area contributed by atoms with Gasteiger partial charge in [-0.2, -0.15) is 9.97 Å². The summed E-state index contributed by atoms with van der Waals surface area (Å²) in [4.78, 5) is 29.8. The molecule has 3 heterocycles. The van der Waals surface area contributed by atoms with Crippen LogP contribution in [-0.4, -0.2) is 53.6 Å². The van der Waals surface area contributed by atoms with E-state index in [9.17, 15) is 9.18 Å². The lowest BCUT2D eigenvalue weighted by atomic mass is 10.0. The molecule has 1 saturated carbocycles. The molecule has 186 valence electrons. The van der Waals surface area contributed by atoms with Crippen molar-refractivity contribution in [2.45, 2.75) is 32.2 Å². The molecule has 1 aliphatic heterocycles. The quantitative estimate of drug-likeness (QED) is 0.438. The number of aryl methyl sites for hydroxylation is 1. The smallest absolute Gasteiger partial charge is 0.324 e. The van der Waals surface area contributed by atoms with Crippen molar-refractivity contribution in [2.24, 2.45) is 16.9 Å². The first-order valence-electron chi connectivity index (χ1n) is 12.1. The van der Waals surface area contributed by atoms with Gasteiger partial charge in [0.25, 0.3) is 0 Å². The molecule has 4 N–H and O–H groups in total. The van der Waals surface area contributed by atoms with Crippen LogP contribution in [0.3, 0.4) is 0 Å².